The monoisotopic (exact) mass is 311 g/mol. The second kappa shape index (κ2) is 6.88. The molecule has 1 heterocycles. The Morgan fingerprint density at radius 3 is 2.60 bits per heavy atom. The van der Waals surface area contributed by atoms with Crippen molar-refractivity contribution in [2.24, 2.45) is 0 Å². The second-order valence-corrected chi connectivity index (χ2v) is 5.06. The van der Waals surface area contributed by atoms with Gasteiger partial charge in [-0.05, 0) is 31.2 Å². The zero-order valence-corrected chi connectivity index (χ0v) is 12.7. The molecule has 2 rings (SSSR count). The minimum absolute atomic E-state index is 0.0177. The highest BCUT2D eigenvalue weighted by Crippen LogP contribution is 2.27. The van der Waals surface area contributed by atoms with E-state index in [9.17, 15) is 0 Å². The molecule has 0 bridgehead atoms. The molecule has 0 saturated carbocycles. The fourth-order valence-electron chi connectivity index (χ4n) is 1.97. The summed E-state index contributed by atoms with van der Waals surface area (Å²) in [4.78, 5) is 8.52. The van der Waals surface area contributed by atoms with Crippen LogP contribution >= 0.6 is 23.2 Å². The molecule has 106 valence electrons. The number of benzene rings is 1. The van der Waals surface area contributed by atoms with Gasteiger partial charge < -0.3 is 10.1 Å². The summed E-state index contributed by atoms with van der Waals surface area (Å²) in [5.41, 5.74) is 1.83. The van der Waals surface area contributed by atoms with E-state index in [-0.39, 0.29) is 6.04 Å². The number of likely N-dealkylation sites (N-methyl/N-ethyl adjacent to an activating group) is 1. The van der Waals surface area contributed by atoms with Gasteiger partial charge in [-0.1, -0.05) is 29.3 Å². The molecule has 2 aromatic rings. The minimum atomic E-state index is -0.0177. The Morgan fingerprint density at radius 2 is 1.95 bits per heavy atom. The molecular weight excluding hydrogens is 297 g/mol. The Kier molecular flexibility index (Phi) is 5.17. The third-order valence-electron chi connectivity index (χ3n) is 2.99. The smallest absolute Gasteiger partial charge is 0.237 e. The van der Waals surface area contributed by atoms with Gasteiger partial charge in [0, 0.05) is 12.4 Å². The predicted octanol–water partition coefficient (Wildman–Crippen LogP) is 3.30. The standard InChI is InChI=1S/C14H15Cl2N3O/c1-17-12(13-14(20-2)19-6-5-18-13)8-9-3-4-10(15)11(16)7-9/h3-7,12,17H,8H2,1-2H3. The van der Waals surface area contributed by atoms with Crippen molar-refractivity contribution in [2.75, 3.05) is 14.2 Å². The van der Waals surface area contributed by atoms with Crippen molar-refractivity contribution >= 4 is 23.2 Å². The first-order chi connectivity index (χ1) is 9.65. The molecule has 4 nitrogen and oxygen atoms in total. The molecule has 0 aliphatic heterocycles. The molecule has 20 heavy (non-hydrogen) atoms. The predicted molar refractivity (Wildman–Crippen MR) is 80.6 cm³/mol. The van der Waals surface area contributed by atoms with Gasteiger partial charge in [0.25, 0.3) is 0 Å². The van der Waals surface area contributed by atoms with Crippen LogP contribution in [-0.2, 0) is 6.42 Å². The summed E-state index contributed by atoms with van der Waals surface area (Å²) in [6.07, 6.45) is 3.97. The zero-order valence-electron chi connectivity index (χ0n) is 11.2. The molecular formula is C14H15Cl2N3O. The van der Waals surface area contributed by atoms with Crippen LogP contribution in [0.25, 0.3) is 0 Å². The third-order valence-corrected chi connectivity index (χ3v) is 3.73. The minimum Gasteiger partial charge on any atom is -0.480 e. The van der Waals surface area contributed by atoms with Crippen LogP contribution in [0, 0.1) is 0 Å². The highest BCUT2D eigenvalue weighted by Gasteiger charge is 2.17. The largest absolute Gasteiger partial charge is 0.480 e. The summed E-state index contributed by atoms with van der Waals surface area (Å²) in [5.74, 6) is 0.520. The van der Waals surface area contributed by atoms with Gasteiger partial charge in [0.2, 0.25) is 5.88 Å². The number of hydrogen-bond donors (Lipinski definition) is 1. The Balaban J connectivity index is 2.26. The lowest BCUT2D eigenvalue weighted by Crippen LogP contribution is -2.21. The van der Waals surface area contributed by atoms with Crippen LogP contribution in [0.1, 0.15) is 17.3 Å². The van der Waals surface area contributed by atoms with E-state index >= 15 is 0 Å². The molecule has 1 atom stereocenters. The average Bonchev–Trinajstić information content (AvgIpc) is 2.48. The summed E-state index contributed by atoms with van der Waals surface area (Å²) >= 11 is 12.0. The van der Waals surface area contributed by atoms with Crippen LogP contribution in [0.3, 0.4) is 0 Å². The number of nitrogens with one attached hydrogen (secondary N) is 1. The van der Waals surface area contributed by atoms with Gasteiger partial charge in [-0.2, -0.15) is 0 Å². The van der Waals surface area contributed by atoms with E-state index in [1.54, 1.807) is 25.6 Å². The van der Waals surface area contributed by atoms with Gasteiger partial charge >= 0.3 is 0 Å². The van der Waals surface area contributed by atoms with Gasteiger partial charge in [-0.15, -0.1) is 0 Å². The number of hydrogen-bond acceptors (Lipinski definition) is 4. The lowest BCUT2D eigenvalue weighted by Gasteiger charge is -2.17. The number of methoxy groups -OCH3 is 1. The zero-order chi connectivity index (χ0) is 14.5. The Hall–Kier alpha value is -1.36. The second-order valence-electron chi connectivity index (χ2n) is 4.24. The van der Waals surface area contributed by atoms with Gasteiger partial charge in [-0.3, -0.25) is 4.98 Å². The maximum atomic E-state index is 6.04. The molecule has 0 aliphatic rings. The molecule has 0 spiro atoms. The van der Waals surface area contributed by atoms with E-state index in [0.717, 1.165) is 11.3 Å². The van der Waals surface area contributed by atoms with Crippen molar-refractivity contribution in [1.82, 2.24) is 15.3 Å². The van der Waals surface area contributed by atoms with E-state index in [4.69, 9.17) is 27.9 Å². The molecule has 6 heteroatoms. The Morgan fingerprint density at radius 1 is 1.20 bits per heavy atom. The number of aromatic nitrogens is 2. The van der Waals surface area contributed by atoms with Crippen LogP contribution in [0.4, 0.5) is 0 Å². The molecule has 0 aliphatic carbocycles. The third kappa shape index (κ3) is 3.39. The maximum Gasteiger partial charge on any atom is 0.237 e. The molecule has 0 fully saturated rings. The van der Waals surface area contributed by atoms with E-state index in [0.29, 0.717) is 22.3 Å². The average molecular weight is 312 g/mol. The normalized spacial score (nSPS) is 12.2. The van der Waals surface area contributed by atoms with Crippen molar-refractivity contribution < 1.29 is 4.74 Å². The lowest BCUT2D eigenvalue weighted by atomic mass is 10.0. The number of nitrogens with zero attached hydrogens (tertiary/aromatic N) is 2. The van der Waals surface area contributed by atoms with Crippen molar-refractivity contribution in [3.8, 4) is 5.88 Å². The topological polar surface area (TPSA) is 47.0 Å². The van der Waals surface area contributed by atoms with Gasteiger partial charge in [-0.25, -0.2) is 4.98 Å². The molecule has 1 unspecified atom stereocenters. The summed E-state index contributed by atoms with van der Waals surface area (Å²) in [6.45, 7) is 0. The molecule has 0 radical (unpaired) electrons. The quantitative estimate of drug-likeness (QED) is 0.920. The fourth-order valence-corrected chi connectivity index (χ4v) is 2.29. The number of rotatable bonds is 5. The Bertz CT molecular complexity index is 592. The van der Waals surface area contributed by atoms with Crippen LogP contribution in [0.2, 0.25) is 10.0 Å². The van der Waals surface area contributed by atoms with Crippen LogP contribution < -0.4 is 10.1 Å². The summed E-state index contributed by atoms with van der Waals surface area (Å²) in [7, 11) is 3.45. The fraction of sp³-hybridized carbons (Fsp3) is 0.286. The van der Waals surface area contributed by atoms with Gasteiger partial charge in [0.15, 0.2) is 0 Å². The van der Waals surface area contributed by atoms with Crippen LogP contribution in [0.15, 0.2) is 30.6 Å². The van der Waals surface area contributed by atoms with Gasteiger partial charge in [0.05, 0.1) is 23.2 Å². The SMILES string of the molecule is CNC(Cc1ccc(Cl)c(Cl)c1)c1nccnc1OC. The first-order valence-corrected chi connectivity index (χ1v) is 6.87. The van der Waals surface area contributed by atoms with Crippen molar-refractivity contribution in [3.05, 3.63) is 51.9 Å². The first-order valence-electron chi connectivity index (χ1n) is 6.11. The van der Waals surface area contributed by atoms with E-state index in [2.05, 4.69) is 15.3 Å². The van der Waals surface area contributed by atoms with E-state index < -0.39 is 0 Å². The lowest BCUT2D eigenvalue weighted by molar-refractivity contribution is 0.379. The molecule has 1 aromatic carbocycles. The van der Waals surface area contributed by atoms with Crippen LogP contribution in [-0.4, -0.2) is 24.1 Å². The maximum absolute atomic E-state index is 6.04. The molecule has 1 aromatic heterocycles. The van der Waals surface area contributed by atoms with Crippen molar-refractivity contribution in [3.63, 3.8) is 0 Å². The van der Waals surface area contributed by atoms with Crippen molar-refractivity contribution in [2.45, 2.75) is 12.5 Å². The first kappa shape index (κ1) is 15.0. The molecule has 0 amide bonds. The van der Waals surface area contributed by atoms with Crippen molar-refractivity contribution in [1.29, 1.82) is 0 Å². The molecule has 0 saturated heterocycles. The van der Waals surface area contributed by atoms with E-state index in [1.807, 2.05) is 19.2 Å². The number of halogens is 2. The highest BCUT2D eigenvalue weighted by atomic mass is 35.5. The highest BCUT2D eigenvalue weighted by molar-refractivity contribution is 6.42. The van der Waals surface area contributed by atoms with E-state index in [1.165, 1.54) is 0 Å². The number of ether oxygens (including phenoxy) is 1. The molecule has 1 N–H and O–H groups in total. The summed E-state index contributed by atoms with van der Waals surface area (Å²) < 4.78 is 5.25. The summed E-state index contributed by atoms with van der Waals surface area (Å²) in [5, 5.41) is 4.31. The Labute approximate surface area is 128 Å². The van der Waals surface area contributed by atoms with Crippen LogP contribution in [0.5, 0.6) is 5.88 Å². The van der Waals surface area contributed by atoms with Gasteiger partial charge in [0.1, 0.15) is 5.69 Å². The summed E-state index contributed by atoms with van der Waals surface area (Å²) in [6, 6.07) is 5.58.